The Bertz CT molecular complexity index is 664. The fourth-order valence-corrected chi connectivity index (χ4v) is 2.41. The van der Waals surface area contributed by atoms with Gasteiger partial charge in [-0.15, -0.1) is 0 Å². The Morgan fingerprint density at radius 3 is 2.04 bits per heavy atom. The van der Waals surface area contributed by atoms with Gasteiger partial charge >= 0.3 is 0 Å². The highest BCUT2D eigenvalue weighted by atomic mass is 35.5. The molecule has 0 heterocycles. The molecule has 1 N–H and O–H groups in total. The van der Waals surface area contributed by atoms with Crippen molar-refractivity contribution in [2.75, 3.05) is 21.3 Å². The van der Waals surface area contributed by atoms with Crippen LogP contribution in [-0.2, 0) is 6.54 Å². The number of benzene rings is 2. The Balaban J connectivity index is 2.16. The standard InChI is InChI=1S/C17H18ClNO3S/c1-20-14-8-12(9-15(21-2)16(14)22-3)17(23)19-10-11-4-6-13(18)7-5-11/h4-9H,10H2,1-3H3,(H,19,23). The Labute approximate surface area is 146 Å². The summed E-state index contributed by atoms with van der Waals surface area (Å²) < 4.78 is 16.0. The van der Waals surface area contributed by atoms with Gasteiger partial charge in [-0.25, -0.2) is 0 Å². The molecule has 4 nitrogen and oxygen atoms in total. The Kier molecular flexibility index (Phi) is 6.07. The van der Waals surface area contributed by atoms with Crippen LogP contribution in [0, 0.1) is 0 Å². The summed E-state index contributed by atoms with van der Waals surface area (Å²) in [4.78, 5) is 0.596. The first-order valence-corrected chi connectivity index (χ1v) is 7.70. The van der Waals surface area contributed by atoms with Crippen LogP contribution in [0.5, 0.6) is 17.2 Å². The summed E-state index contributed by atoms with van der Waals surface area (Å²) >= 11 is 11.3. The van der Waals surface area contributed by atoms with Gasteiger partial charge in [-0.05, 0) is 29.8 Å². The zero-order chi connectivity index (χ0) is 16.8. The number of methoxy groups -OCH3 is 3. The molecule has 0 radical (unpaired) electrons. The van der Waals surface area contributed by atoms with Gasteiger partial charge in [0.15, 0.2) is 11.5 Å². The van der Waals surface area contributed by atoms with Crippen LogP contribution in [0.15, 0.2) is 36.4 Å². The van der Waals surface area contributed by atoms with E-state index < -0.39 is 0 Å². The summed E-state index contributed by atoms with van der Waals surface area (Å²) in [5.74, 6) is 1.68. The lowest BCUT2D eigenvalue weighted by Crippen LogP contribution is -2.21. The molecule has 0 aliphatic heterocycles. The molecule has 122 valence electrons. The third-order valence-corrected chi connectivity index (χ3v) is 3.93. The minimum Gasteiger partial charge on any atom is -0.493 e. The largest absolute Gasteiger partial charge is 0.493 e. The molecule has 2 aromatic rings. The number of hydrogen-bond donors (Lipinski definition) is 1. The number of rotatable bonds is 6. The van der Waals surface area contributed by atoms with Crippen molar-refractivity contribution in [3.8, 4) is 17.2 Å². The summed E-state index contributed by atoms with van der Waals surface area (Å²) in [7, 11) is 4.72. The second-order valence-electron chi connectivity index (χ2n) is 4.72. The number of hydrogen-bond acceptors (Lipinski definition) is 4. The molecular formula is C17H18ClNO3S. The number of ether oxygens (including phenoxy) is 3. The molecule has 0 saturated carbocycles. The van der Waals surface area contributed by atoms with Crippen molar-refractivity contribution in [1.29, 1.82) is 0 Å². The smallest absolute Gasteiger partial charge is 0.203 e. The normalized spacial score (nSPS) is 10.1. The van der Waals surface area contributed by atoms with Crippen LogP contribution in [0.25, 0.3) is 0 Å². The molecule has 23 heavy (non-hydrogen) atoms. The molecular weight excluding hydrogens is 334 g/mol. The van der Waals surface area contributed by atoms with Crippen molar-refractivity contribution in [1.82, 2.24) is 5.32 Å². The first-order chi connectivity index (χ1) is 11.1. The summed E-state index contributed by atoms with van der Waals surface area (Å²) in [6.07, 6.45) is 0. The number of thiocarbonyl (C=S) groups is 1. The average molecular weight is 352 g/mol. The Hall–Kier alpha value is -1.98. The van der Waals surface area contributed by atoms with Crippen LogP contribution >= 0.6 is 23.8 Å². The fourth-order valence-electron chi connectivity index (χ4n) is 2.10. The Morgan fingerprint density at radius 2 is 1.57 bits per heavy atom. The average Bonchev–Trinajstić information content (AvgIpc) is 2.59. The molecule has 0 fully saturated rings. The van der Waals surface area contributed by atoms with Crippen LogP contribution in [-0.4, -0.2) is 26.3 Å². The van der Waals surface area contributed by atoms with Gasteiger partial charge in [0.1, 0.15) is 4.99 Å². The first-order valence-electron chi connectivity index (χ1n) is 6.91. The van der Waals surface area contributed by atoms with Gasteiger partial charge < -0.3 is 19.5 Å². The van der Waals surface area contributed by atoms with Crippen molar-refractivity contribution in [2.24, 2.45) is 0 Å². The zero-order valence-electron chi connectivity index (χ0n) is 13.2. The van der Waals surface area contributed by atoms with Crippen molar-refractivity contribution < 1.29 is 14.2 Å². The van der Waals surface area contributed by atoms with Crippen LogP contribution in [0.4, 0.5) is 0 Å². The SMILES string of the molecule is COc1cc(C(=S)NCc2ccc(Cl)cc2)cc(OC)c1OC. The molecule has 0 aliphatic carbocycles. The highest BCUT2D eigenvalue weighted by Crippen LogP contribution is 2.38. The lowest BCUT2D eigenvalue weighted by molar-refractivity contribution is 0.324. The van der Waals surface area contributed by atoms with E-state index in [1.165, 1.54) is 0 Å². The summed E-state index contributed by atoms with van der Waals surface area (Å²) in [5.41, 5.74) is 1.88. The molecule has 0 saturated heterocycles. The molecule has 0 aliphatic rings. The fraction of sp³-hybridized carbons (Fsp3) is 0.235. The van der Waals surface area contributed by atoms with Gasteiger partial charge in [-0.2, -0.15) is 0 Å². The third kappa shape index (κ3) is 4.27. The molecule has 0 aromatic heterocycles. The quantitative estimate of drug-likeness (QED) is 0.801. The molecule has 2 aromatic carbocycles. The topological polar surface area (TPSA) is 39.7 Å². The van der Waals surface area contributed by atoms with E-state index >= 15 is 0 Å². The predicted molar refractivity (Wildman–Crippen MR) is 96.1 cm³/mol. The van der Waals surface area contributed by atoms with E-state index in [9.17, 15) is 0 Å². The molecule has 0 amide bonds. The molecule has 0 unspecified atom stereocenters. The molecule has 0 bridgehead atoms. The lowest BCUT2D eigenvalue weighted by atomic mass is 10.1. The highest BCUT2D eigenvalue weighted by molar-refractivity contribution is 7.80. The third-order valence-electron chi connectivity index (χ3n) is 3.29. The minimum atomic E-state index is 0.541. The highest BCUT2D eigenvalue weighted by Gasteiger charge is 2.15. The van der Waals surface area contributed by atoms with Crippen molar-refractivity contribution in [2.45, 2.75) is 6.54 Å². The second kappa shape index (κ2) is 8.04. The van der Waals surface area contributed by atoms with E-state index in [-0.39, 0.29) is 0 Å². The minimum absolute atomic E-state index is 0.541. The van der Waals surface area contributed by atoms with Gasteiger partial charge in [-0.3, -0.25) is 0 Å². The van der Waals surface area contributed by atoms with Crippen LogP contribution in [0.3, 0.4) is 0 Å². The maximum absolute atomic E-state index is 5.88. The van der Waals surface area contributed by atoms with Gasteiger partial charge in [0, 0.05) is 17.1 Å². The molecule has 0 atom stereocenters. The first kappa shape index (κ1) is 17.4. The van der Waals surface area contributed by atoms with Gasteiger partial charge in [-0.1, -0.05) is 36.0 Å². The molecule has 0 spiro atoms. The lowest BCUT2D eigenvalue weighted by Gasteiger charge is -2.15. The van der Waals surface area contributed by atoms with Crippen LogP contribution in [0.1, 0.15) is 11.1 Å². The van der Waals surface area contributed by atoms with Crippen LogP contribution < -0.4 is 19.5 Å². The zero-order valence-corrected chi connectivity index (χ0v) is 14.8. The predicted octanol–water partition coefficient (Wildman–Crippen LogP) is 3.83. The monoisotopic (exact) mass is 351 g/mol. The van der Waals surface area contributed by atoms with E-state index in [0.29, 0.717) is 33.8 Å². The van der Waals surface area contributed by atoms with Crippen molar-refractivity contribution in [3.63, 3.8) is 0 Å². The number of nitrogens with one attached hydrogen (secondary N) is 1. The van der Waals surface area contributed by atoms with Gasteiger partial charge in [0.25, 0.3) is 0 Å². The summed E-state index contributed by atoms with van der Waals surface area (Å²) in [6, 6.07) is 11.2. The van der Waals surface area contributed by atoms with Gasteiger partial charge in [0.05, 0.1) is 21.3 Å². The summed E-state index contributed by atoms with van der Waals surface area (Å²) in [5, 5.41) is 3.92. The maximum atomic E-state index is 5.88. The second-order valence-corrected chi connectivity index (χ2v) is 5.57. The van der Waals surface area contributed by atoms with E-state index in [4.69, 9.17) is 38.0 Å². The maximum Gasteiger partial charge on any atom is 0.203 e. The van der Waals surface area contributed by atoms with E-state index in [2.05, 4.69) is 5.32 Å². The molecule has 6 heteroatoms. The summed E-state index contributed by atoms with van der Waals surface area (Å²) in [6.45, 7) is 0.604. The number of halogens is 1. The van der Waals surface area contributed by atoms with E-state index in [1.54, 1.807) is 21.3 Å². The van der Waals surface area contributed by atoms with E-state index in [0.717, 1.165) is 11.1 Å². The Morgan fingerprint density at radius 1 is 1.00 bits per heavy atom. The van der Waals surface area contributed by atoms with Crippen molar-refractivity contribution in [3.05, 3.63) is 52.5 Å². The van der Waals surface area contributed by atoms with E-state index in [1.807, 2.05) is 36.4 Å². The van der Waals surface area contributed by atoms with Gasteiger partial charge in [0.2, 0.25) is 5.75 Å². The van der Waals surface area contributed by atoms with Crippen molar-refractivity contribution >= 4 is 28.8 Å². The van der Waals surface area contributed by atoms with Crippen LogP contribution in [0.2, 0.25) is 5.02 Å². The molecule has 2 rings (SSSR count).